The van der Waals surface area contributed by atoms with E-state index < -0.39 is 24.1 Å². The number of anilines is 1. The number of carbonyl (C=O) groups is 1. The summed E-state index contributed by atoms with van der Waals surface area (Å²) >= 11 is 0. The van der Waals surface area contributed by atoms with Crippen molar-refractivity contribution < 1.29 is 18.3 Å². The van der Waals surface area contributed by atoms with Crippen LogP contribution in [0.1, 0.15) is 0 Å². The fourth-order valence-electron chi connectivity index (χ4n) is 1.17. The van der Waals surface area contributed by atoms with Crippen LogP contribution in [0.5, 0.6) is 5.75 Å². The number of amides is 1. The summed E-state index contributed by atoms with van der Waals surface area (Å²) in [5.41, 5.74) is 0. The number of hydrogen-bond acceptors (Lipinski definition) is 4. The molecule has 2 aromatic rings. The minimum Gasteiger partial charge on any atom is -0.481 e. The van der Waals surface area contributed by atoms with Gasteiger partial charge in [0.25, 0.3) is 5.91 Å². The van der Waals surface area contributed by atoms with Crippen LogP contribution in [0.2, 0.25) is 0 Å². The Bertz CT molecular complexity index is 545. The second-order valence-corrected chi connectivity index (χ2v) is 3.25. The van der Waals surface area contributed by atoms with Crippen LogP contribution < -0.4 is 10.1 Å². The molecule has 0 spiro atoms. The molecule has 0 aliphatic carbocycles. The molecule has 18 heavy (non-hydrogen) atoms. The lowest BCUT2D eigenvalue weighted by atomic mass is 10.3. The van der Waals surface area contributed by atoms with Gasteiger partial charge in [-0.3, -0.25) is 10.1 Å². The number of halogens is 2. The smallest absolute Gasteiger partial charge is 0.264 e. The molecule has 0 radical (unpaired) electrons. The monoisotopic (exact) mass is 254 g/mol. The van der Waals surface area contributed by atoms with Crippen molar-refractivity contribution in [1.82, 2.24) is 15.2 Å². The highest BCUT2D eigenvalue weighted by molar-refractivity contribution is 5.90. The largest absolute Gasteiger partial charge is 0.481 e. The van der Waals surface area contributed by atoms with Gasteiger partial charge in [0, 0.05) is 6.07 Å². The highest BCUT2D eigenvalue weighted by Crippen LogP contribution is 2.17. The minimum absolute atomic E-state index is 0.156. The first-order valence-corrected chi connectivity index (χ1v) is 4.88. The lowest BCUT2D eigenvalue weighted by molar-refractivity contribution is -0.118. The molecule has 0 saturated heterocycles. The Labute approximate surface area is 100.0 Å². The maximum absolute atomic E-state index is 13.2. The third kappa shape index (κ3) is 3.00. The normalized spacial score (nSPS) is 10.1. The number of H-pyrrole nitrogens is 1. The number of aromatic nitrogens is 3. The van der Waals surface area contributed by atoms with E-state index in [0.29, 0.717) is 6.07 Å². The van der Waals surface area contributed by atoms with Gasteiger partial charge in [0.1, 0.15) is 12.1 Å². The number of aromatic amines is 1. The molecular weight excluding hydrogens is 246 g/mol. The molecule has 0 aliphatic rings. The van der Waals surface area contributed by atoms with Crippen molar-refractivity contribution in [3.05, 3.63) is 36.2 Å². The number of ether oxygens (including phenoxy) is 1. The summed E-state index contributed by atoms with van der Waals surface area (Å²) in [7, 11) is 0. The Hall–Kier alpha value is -2.51. The Balaban J connectivity index is 1.89. The SMILES string of the molecule is O=C(COc1ccc(F)cc1F)Nc1ncn[nH]1. The number of nitrogens with one attached hydrogen (secondary N) is 2. The van der Waals surface area contributed by atoms with E-state index in [4.69, 9.17) is 4.74 Å². The van der Waals surface area contributed by atoms with Crippen LogP contribution in [0.15, 0.2) is 24.5 Å². The van der Waals surface area contributed by atoms with Gasteiger partial charge in [0.2, 0.25) is 5.95 Å². The third-order valence-electron chi connectivity index (χ3n) is 1.93. The first-order chi connectivity index (χ1) is 8.65. The van der Waals surface area contributed by atoms with Crippen molar-refractivity contribution in [2.24, 2.45) is 0 Å². The van der Waals surface area contributed by atoms with Crippen LogP contribution in [0.25, 0.3) is 0 Å². The molecule has 1 aromatic heterocycles. The third-order valence-corrected chi connectivity index (χ3v) is 1.93. The molecule has 0 unspecified atom stereocenters. The molecule has 1 amide bonds. The van der Waals surface area contributed by atoms with E-state index in [1.165, 1.54) is 6.33 Å². The van der Waals surface area contributed by atoms with Crippen LogP contribution in [0.3, 0.4) is 0 Å². The Morgan fingerprint density at radius 3 is 2.94 bits per heavy atom. The molecule has 0 saturated carbocycles. The topological polar surface area (TPSA) is 79.9 Å². The van der Waals surface area contributed by atoms with E-state index in [1.807, 2.05) is 0 Å². The average Bonchev–Trinajstić information content (AvgIpc) is 2.80. The van der Waals surface area contributed by atoms with Gasteiger partial charge in [-0.15, -0.1) is 0 Å². The predicted octanol–water partition coefficient (Wildman–Crippen LogP) is 1.10. The average molecular weight is 254 g/mol. The highest BCUT2D eigenvalue weighted by Gasteiger charge is 2.09. The van der Waals surface area contributed by atoms with Gasteiger partial charge in [0.05, 0.1) is 0 Å². The minimum atomic E-state index is -0.873. The molecule has 94 valence electrons. The first kappa shape index (κ1) is 12.0. The number of carbonyl (C=O) groups excluding carboxylic acids is 1. The van der Waals surface area contributed by atoms with E-state index in [2.05, 4.69) is 20.5 Å². The molecule has 2 rings (SSSR count). The van der Waals surface area contributed by atoms with Gasteiger partial charge >= 0.3 is 0 Å². The van der Waals surface area contributed by atoms with Gasteiger partial charge in [0.15, 0.2) is 18.2 Å². The van der Waals surface area contributed by atoms with Crippen LogP contribution in [-0.2, 0) is 4.79 Å². The van der Waals surface area contributed by atoms with E-state index in [9.17, 15) is 13.6 Å². The van der Waals surface area contributed by atoms with E-state index in [1.54, 1.807) is 0 Å². The summed E-state index contributed by atoms with van der Waals surface area (Å²) < 4.78 is 30.6. The van der Waals surface area contributed by atoms with Gasteiger partial charge in [-0.05, 0) is 12.1 Å². The Morgan fingerprint density at radius 1 is 1.44 bits per heavy atom. The summed E-state index contributed by atoms with van der Waals surface area (Å²) in [5, 5.41) is 8.27. The fraction of sp³-hybridized carbons (Fsp3) is 0.100. The van der Waals surface area contributed by atoms with Crippen molar-refractivity contribution in [2.45, 2.75) is 0 Å². The molecule has 1 heterocycles. The van der Waals surface area contributed by atoms with E-state index in [0.717, 1.165) is 12.1 Å². The summed E-state index contributed by atoms with van der Waals surface area (Å²) in [5.74, 6) is -2.18. The number of rotatable bonds is 4. The number of nitrogens with zero attached hydrogens (tertiary/aromatic N) is 2. The summed E-state index contributed by atoms with van der Waals surface area (Å²) in [6.07, 6.45) is 1.22. The summed E-state index contributed by atoms with van der Waals surface area (Å²) in [6, 6.07) is 2.81. The van der Waals surface area contributed by atoms with Crippen LogP contribution >= 0.6 is 0 Å². The molecule has 0 aliphatic heterocycles. The molecular formula is C10H8F2N4O2. The maximum Gasteiger partial charge on any atom is 0.264 e. The second-order valence-electron chi connectivity index (χ2n) is 3.25. The van der Waals surface area contributed by atoms with Gasteiger partial charge in [-0.1, -0.05) is 0 Å². The molecule has 0 atom stereocenters. The predicted molar refractivity (Wildman–Crippen MR) is 56.9 cm³/mol. The number of benzene rings is 1. The number of hydrogen-bond donors (Lipinski definition) is 2. The van der Waals surface area contributed by atoms with Crippen LogP contribution in [0.4, 0.5) is 14.7 Å². The summed E-state index contributed by atoms with van der Waals surface area (Å²) in [6.45, 7) is -0.427. The molecule has 2 N–H and O–H groups in total. The first-order valence-electron chi connectivity index (χ1n) is 4.88. The van der Waals surface area contributed by atoms with E-state index in [-0.39, 0.29) is 11.7 Å². The molecule has 0 fully saturated rings. The summed E-state index contributed by atoms with van der Waals surface area (Å²) in [4.78, 5) is 15.0. The van der Waals surface area contributed by atoms with Gasteiger partial charge < -0.3 is 4.74 Å². The van der Waals surface area contributed by atoms with Gasteiger partial charge in [-0.25, -0.2) is 13.9 Å². The second kappa shape index (κ2) is 5.21. The molecule has 1 aromatic carbocycles. The van der Waals surface area contributed by atoms with Crippen molar-refractivity contribution in [3.63, 3.8) is 0 Å². The molecule has 8 heteroatoms. The fourth-order valence-corrected chi connectivity index (χ4v) is 1.17. The van der Waals surface area contributed by atoms with Crippen molar-refractivity contribution in [3.8, 4) is 5.75 Å². The molecule has 0 bridgehead atoms. The molecule has 6 nitrogen and oxygen atoms in total. The van der Waals surface area contributed by atoms with E-state index >= 15 is 0 Å². The highest BCUT2D eigenvalue weighted by atomic mass is 19.1. The van der Waals surface area contributed by atoms with Crippen LogP contribution in [0, 0.1) is 11.6 Å². The van der Waals surface area contributed by atoms with Crippen LogP contribution in [-0.4, -0.2) is 27.7 Å². The van der Waals surface area contributed by atoms with Crippen molar-refractivity contribution in [1.29, 1.82) is 0 Å². The zero-order valence-electron chi connectivity index (χ0n) is 8.98. The Kier molecular flexibility index (Phi) is 3.46. The van der Waals surface area contributed by atoms with Crippen molar-refractivity contribution >= 4 is 11.9 Å². The van der Waals surface area contributed by atoms with Crippen molar-refractivity contribution in [2.75, 3.05) is 11.9 Å². The zero-order valence-corrected chi connectivity index (χ0v) is 8.98. The maximum atomic E-state index is 13.2. The lowest BCUT2D eigenvalue weighted by Crippen LogP contribution is -2.21. The standard InChI is InChI=1S/C10H8F2N4O2/c11-6-1-2-8(7(12)3-6)18-4-9(17)15-10-13-5-14-16-10/h1-3,5H,4H2,(H2,13,14,15,16,17). The quantitative estimate of drug-likeness (QED) is 0.856. The lowest BCUT2D eigenvalue weighted by Gasteiger charge is -2.06. The van der Waals surface area contributed by atoms with Gasteiger partial charge in [-0.2, -0.15) is 10.1 Å². The Morgan fingerprint density at radius 2 is 2.28 bits per heavy atom. The zero-order chi connectivity index (χ0) is 13.0.